The molecule has 0 unspecified atom stereocenters. The highest BCUT2D eigenvalue weighted by molar-refractivity contribution is 5.86. The fourth-order valence-corrected chi connectivity index (χ4v) is 8.47. The minimum atomic E-state index is -0.773. The Hall–Kier alpha value is -1.32. The molecule has 4 heteroatoms. The second-order valence-corrected chi connectivity index (χ2v) is 10.6. The number of aliphatic carboxylic acids is 1. The van der Waals surface area contributed by atoms with Crippen LogP contribution in [0.25, 0.3) is 0 Å². The van der Waals surface area contributed by atoms with Gasteiger partial charge in [-0.2, -0.15) is 0 Å². The number of carboxylic acids is 1. The van der Waals surface area contributed by atoms with Gasteiger partial charge in [-0.25, -0.2) is 0 Å². The summed E-state index contributed by atoms with van der Waals surface area (Å²) in [5.74, 6) is 2.37. The first kappa shape index (κ1) is 15.7. The molecule has 0 spiro atoms. The van der Waals surface area contributed by atoms with Gasteiger partial charge in [-0.15, -0.1) is 0 Å². The molecule has 8 rings (SSSR count). The minimum absolute atomic E-state index is 0.0258. The zero-order valence-electron chi connectivity index (χ0n) is 15.3. The molecule has 0 aliphatic heterocycles. The Morgan fingerprint density at radius 1 is 0.885 bits per heavy atom. The van der Waals surface area contributed by atoms with Gasteiger partial charge in [0.1, 0.15) is 0 Å². The monoisotopic (exact) mass is 355 g/mol. The first-order valence-electron chi connectivity index (χ1n) is 10.7. The summed E-state index contributed by atoms with van der Waals surface area (Å²) >= 11 is 0. The van der Waals surface area contributed by atoms with E-state index in [0.717, 1.165) is 30.7 Å². The first-order valence-corrected chi connectivity index (χ1v) is 10.7. The van der Waals surface area contributed by atoms with Crippen molar-refractivity contribution in [3.63, 3.8) is 0 Å². The van der Waals surface area contributed by atoms with E-state index in [1.54, 1.807) is 0 Å². The third-order valence-electron chi connectivity index (χ3n) is 9.04. The quantitative estimate of drug-likeness (QED) is 0.762. The molecule has 0 aromatic rings. The van der Waals surface area contributed by atoms with Gasteiger partial charge in [-0.1, -0.05) is 12.2 Å². The van der Waals surface area contributed by atoms with E-state index in [1.807, 2.05) is 0 Å². The number of nitrogens with one attached hydrogen (secondary N) is 1. The van der Waals surface area contributed by atoms with E-state index < -0.39 is 11.9 Å². The van der Waals surface area contributed by atoms with Crippen LogP contribution >= 0.6 is 0 Å². The lowest BCUT2D eigenvalue weighted by Gasteiger charge is -2.57. The molecule has 26 heavy (non-hydrogen) atoms. The van der Waals surface area contributed by atoms with Crippen molar-refractivity contribution in [3.8, 4) is 0 Å². The Morgan fingerprint density at radius 3 is 1.96 bits per heavy atom. The molecule has 6 atom stereocenters. The molecule has 6 fully saturated rings. The largest absolute Gasteiger partial charge is 0.481 e. The van der Waals surface area contributed by atoms with Crippen LogP contribution in [0.3, 0.4) is 0 Å². The highest BCUT2D eigenvalue weighted by Gasteiger charge is 2.63. The van der Waals surface area contributed by atoms with E-state index in [0.29, 0.717) is 17.3 Å². The van der Waals surface area contributed by atoms with Gasteiger partial charge in [0.15, 0.2) is 0 Å². The average molecular weight is 355 g/mol. The van der Waals surface area contributed by atoms with Crippen molar-refractivity contribution in [1.82, 2.24) is 5.32 Å². The van der Waals surface area contributed by atoms with Crippen LogP contribution in [0.15, 0.2) is 12.2 Å². The summed E-state index contributed by atoms with van der Waals surface area (Å²) in [6.45, 7) is 0.785. The van der Waals surface area contributed by atoms with E-state index in [4.69, 9.17) is 0 Å². The molecule has 6 bridgehead atoms. The molecule has 0 aromatic heterocycles. The lowest BCUT2D eigenvalue weighted by atomic mass is 9.49. The van der Waals surface area contributed by atoms with Crippen molar-refractivity contribution in [1.29, 1.82) is 0 Å². The van der Waals surface area contributed by atoms with E-state index >= 15 is 0 Å². The average Bonchev–Trinajstić information content (AvgIpc) is 3.40. The molecule has 0 saturated heterocycles. The summed E-state index contributed by atoms with van der Waals surface area (Å²) in [6, 6.07) is 0. The zero-order valence-corrected chi connectivity index (χ0v) is 15.3. The van der Waals surface area contributed by atoms with Gasteiger partial charge in [0.05, 0.1) is 11.8 Å². The van der Waals surface area contributed by atoms with Crippen LogP contribution in [0.1, 0.15) is 44.9 Å². The second kappa shape index (κ2) is 5.14. The number of amides is 1. The lowest BCUT2D eigenvalue weighted by molar-refractivity contribution is -0.153. The predicted octanol–water partition coefficient (Wildman–Crippen LogP) is 3.09. The maximum atomic E-state index is 13.2. The third kappa shape index (κ3) is 2.13. The summed E-state index contributed by atoms with van der Waals surface area (Å²) in [5, 5.41) is 13.1. The molecule has 0 radical (unpaired) electrons. The first-order chi connectivity index (χ1) is 12.5. The molecule has 140 valence electrons. The number of hydrogen-bond donors (Lipinski definition) is 2. The zero-order chi connectivity index (χ0) is 17.6. The lowest BCUT2D eigenvalue weighted by Crippen LogP contribution is -2.54. The molecular formula is C22H29NO3. The second-order valence-electron chi connectivity index (χ2n) is 10.6. The smallest absolute Gasteiger partial charge is 0.307 e. The fourth-order valence-electron chi connectivity index (χ4n) is 8.47. The molecule has 8 aliphatic carbocycles. The third-order valence-corrected chi connectivity index (χ3v) is 9.04. The van der Waals surface area contributed by atoms with Crippen LogP contribution in [0.4, 0.5) is 0 Å². The van der Waals surface area contributed by atoms with Gasteiger partial charge >= 0.3 is 5.97 Å². The molecule has 8 aliphatic rings. The minimum Gasteiger partial charge on any atom is -0.481 e. The number of carboxylic acid groups (broad SMARTS) is 1. The van der Waals surface area contributed by atoms with Crippen LogP contribution in [-0.2, 0) is 9.59 Å². The van der Waals surface area contributed by atoms with Crippen molar-refractivity contribution in [2.75, 3.05) is 6.54 Å². The Bertz CT molecular complexity index is 662. The van der Waals surface area contributed by atoms with Gasteiger partial charge < -0.3 is 10.4 Å². The summed E-state index contributed by atoms with van der Waals surface area (Å²) < 4.78 is 0. The van der Waals surface area contributed by atoms with Gasteiger partial charge in [0.2, 0.25) is 5.91 Å². The molecular weight excluding hydrogens is 326 g/mol. The van der Waals surface area contributed by atoms with Crippen LogP contribution in [0.5, 0.6) is 0 Å². The normalized spacial score (nSPS) is 54.8. The summed E-state index contributed by atoms with van der Waals surface area (Å²) in [6.07, 6.45) is 13.4. The number of hydrogen-bond acceptors (Lipinski definition) is 2. The van der Waals surface area contributed by atoms with Gasteiger partial charge in [-0.3, -0.25) is 9.59 Å². The summed E-state index contributed by atoms with van der Waals surface area (Å²) in [4.78, 5) is 25.1. The predicted molar refractivity (Wildman–Crippen MR) is 95.9 cm³/mol. The number of fused-ring (bicyclic) bond motifs is 1. The van der Waals surface area contributed by atoms with Crippen molar-refractivity contribution < 1.29 is 14.7 Å². The number of rotatable bonds is 4. The van der Waals surface area contributed by atoms with Crippen molar-refractivity contribution in [3.05, 3.63) is 12.2 Å². The highest BCUT2D eigenvalue weighted by Crippen LogP contribution is 2.64. The molecule has 0 heterocycles. The number of carbonyl (C=O) groups is 2. The van der Waals surface area contributed by atoms with Crippen LogP contribution in [-0.4, -0.2) is 23.5 Å². The van der Waals surface area contributed by atoms with E-state index in [9.17, 15) is 14.7 Å². The Kier molecular flexibility index (Phi) is 3.11. The maximum Gasteiger partial charge on any atom is 0.307 e. The van der Waals surface area contributed by atoms with Crippen LogP contribution < -0.4 is 5.32 Å². The van der Waals surface area contributed by atoms with Gasteiger partial charge in [-0.05, 0) is 91.8 Å². The molecule has 0 aromatic carbocycles. The molecule has 6 saturated carbocycles. The highest BCUT2D eigenvalue weighted by atomic mass is 16.4. The van der Waals surface area contributed by atoms with E-state index in [2.05, 4.69) is 17.5 Å². The van der Waals surface area contributed by atoms with Crippen LogP contribution in [0.2, 0.25) is 0 Å². The summed E-state index contributed by atoms with van der Waals surface area (Å²) in [7, 11) is 0. The topological polar surface area (TPSA) is 66.4 Å². The SMILES string of the molecule is O=C(NCC12CC3CC(CC(C3)C1)C2)[C@@H]1[C@@H]2C=C[C@@H]([C@@H]3C[C@H]23)[C@H]1C(=O)O. The van der Waals surface area contributed by atoms with Crippen molar-refractivity contribution in [2.24, 2.45) is 58.7 Å². The van der Waals surface area contributed by atoms with E-state index in [-0.39, 0.29) is 23.7 Å². The van der Waals surface area contributed by atoms with Gasteiger partial charge in [0.25, 0.3) is 0 Å². The van der Waals surface area contributed by atoms with Gasteiger partial charge in [0, 0.05) is 6.54 Å². The molecule has 1 amide bonds. The van der Waals surface area contributed by atoms with Crippen LogP contribution in [0, 0.1) is 58.7 Å². The Labute approximate surface area is 154 Å². The standard InChI is InChI=1S/C22H29NO3/c24-20(18-14-1-2-15(17-6-16(14)17)19(18)21(25)26)23-10-22-7-11-3-12(8-22)5-13(4-11)9-22/h1-2,11-19H,3-10H2,(H,23,24)(H,25,26)/t11?,12?,13?,14-,15+,16-,17+,18-,19-,22?/m1/s1. The maximum absolute atomic E-state index is 13.2. The van der Waals surface area contributed by atoms with Crippen molar-refractivity contribution in [2.45, 2.75) is 44.9 Å². The number of allylic oxidation sites excluding steroid dienone is 2. The molecule has 2 N–H and O–H groups in total. The number of carbonyl (C=O) groups excluding carboxylic acids is 1. The van der Waals surface area contributed by atoms with E-state index in [1.165, 1.54) is 38.5 Å². The Balaban J connectivity index is 1.19. The molecule has 4 nitrogen and oxygen atoms in total. The summed E-state index contributed by atoms with van der Waals surface area (Å²) in [5.41, 5.74) is 0.314. The van der Waals surface area contributed by atoms with Crippen molar-refractivity contribution >= 4 is 11.9 Å². The Morgan fingerprint density at radius 2 is 1.42 bits per heavy atom. The fraction of sp³-hybridized carbons (Fsp3) is 0.818.